The maximum atomic E-state index is 13.6. The Morgan fingerprint density at radius 1 is 1.44 bits per heavy atom. The van der Waals surface area contributed by atoms with E-state index in [-0.39, 0.29) is 11.9 Å². The van der Waals surface area contributed by atoms with Crippen LogP contribution in [0.15, 0.2) is 22.7 Å². The first-order valence-electron chi connectivity index (χ1n) is 5.42. The molecule has 1 aromatic rings. The van der Waals surface area contributed by atoms with E-state index >= 15 is 0 Å². The van der Waals surface area contributed by atoms with Gasteiger partial charge in [0.2, 0.25) is 0 Å². The molecule has 0 saturated heterocycles. The van der Waals surface area contributed by atoms with Gasteiger partial charge in [-0.1, -0.05) is 26.0 Å². The predicted octanol–water partition coefficient (Wildman–Crippen LogP) is 2.66. The van der Waals surface area contributed by atoms with E-state index in [1.165, 1.54) is 0 Å². The van der Waals surface area contributed by atoms with Gasteiger partial charge in [-0.25, -0.2) is 4.39 Å². The number of hydrogen-bond donors (Lipinski definition) is 2. The highest BCUT2D eigenvalue weighted by Gasteiger charge is 2.12. The van der Waals surface area contributed by atoms with Gasteiger partial charge in [-0.05, 0) is 27.9 Å². The lowest BCUT2D eigenvalue weighted by Crippen LogP contribution is -2.39. The van der Waals surface area contributed by atoms with E-state index in [1.807, 2.05) is 6.07 Å². The third kappa shape index (κ3) is 3.54. The fourth-order valence-electron chi connectivity index (χ4n) is 1.52. The minimum absolute atomic E-state index is 0.200. The maximum Gasteiger partial charge on any atom is 0.141 e. The van der Waals surface area contributed by atoms with Gasteiger partial charge in [-0.3, -0.25) is 0 Å². The summed E-state index contributed by atoms with van der Waals surface area (Å²) >= 11 is 3.17. The lowest BCUT2D eigenvalue weighted by atomic mass is 10.0. The first kappa shape index (κ1) is 13.6. The van der Waals surface area contributed by atoms with E-state index in [0.29, 0.717) is 29.0 Å². The van der Waals surface area contributed by atoms with Crippen LogP contribution < -0.4 is 11.1 Å². The molecule has 0 fully saturated rings. The second-order valence-corrected chi connectivity index (χ2v) is 5.03. The number of halogens is 2. The van der Waals surface area contributed by atoms with E-state index < -0.39 is 0 Å². The van der Waals surface area contributed by atoms with Gasteiger partial charge in [0.15, 0.2) is 0 Å². The Kier molecular flexibility index (Phi) is 5.38. The average Bonchev–Trinajstić information content (AvgIpc) is 2.24. The molecule has 16 heavy (non-hydrogen) atoms. The summed E-state index contributed by atoms with van der Waals surface area (Å²) in [7, 11) is 0. The second kappa shape index (κ2) is 6.33. The molecule has 90 valence electrons. The normalized spacial score (nSPS) is 13.1. The maximum absolute atomic E-state index is 13.6. The highest BCUT2D eigenvalue weighted by Crippen LogP contribution is 2.18. The van der Waals surface area contributed by atoms with Gasteiger partial charge in [0.05, 0.1) is 4.47 Å². The van der Waals surface area contributed by atoms with Crippen molar-refractivity contribution in [1.29, 1.82) is 0 Å². The molecule has 0 bridgehead atoms. The molecule has 3 N–H and O–H groups in total. The van der Waals surface area contributed by atoms with Crippen molar-refractivity contribution in [2.45, 2.75) is 26.4 Å². The highest BCUT2D eigenvalue weighted by molar-refractivity contribution is 9.10. The number of benzene rings is 1. The predicted molar refractivity (Wildman–Crippen MR) is 68.6 cm³/mol. The fraction of sp³-hybridized carbons (Fsp3) is 0.500. The van der Waals surface area contributed by atoms with Crippen molar-refractivity contribution in [1.82, 2.24) is 5.32 Å². The Morgan fingerprint density at radius 3 is 2.69 bits per heavy atom. The molecule has 0 saturated carbocycles. The Bertz CT molecular complexity index is 342. The van der Waals surface area contributed by atoms with Crippen LogP contribution in [0.2, 0.25) is 0 Å². The van der Waals surface area contributed by atoms with Crippen LogP contribution in [0.5, 0.6) is 0 Å². The molecule has 1 unspecified atom stereocenters. The van der Waals surface area contributed by atoms with Crippen LogP contribution in [0.25, 0.3) is 0 Å². The number of nitrogens with one attached hydrogen (secondary N) is 1. The zero-order chi connectivity index (χ0) is 12.1. The van der Waals surface area contributed by atoms with Crippen LogP contribution in [0.1, 0.15) is 19.4 Å². The van der Waals surface area contributed by atoms with Crippen LogP contribution in [0.3, 0.4) is 0 Å². The zero-order valence-corrected chi connectivity index (χ0v) is 11.2. The molecule has 0 aliphatic heterocycles. The van der Waals surface area contributed by atoms with E-state index in [1.54, 1.807) is 12.1 Å². The smallest absolute Gasteiger partial charge is 0.141 e. The minimum atomic E-state index is -0.200. The van der Waals surface area contributed by atoms with Crippen molar-refractivity contribution in [2.24, 2.45) is 11.7 Å². The van der Waals surface area contributed by atoms with Gasteiger partial charge < -0.3 is 11.1 Å². The lowest BCUT2D eigenvalue weighted by molar-refractivity contribution is 0.401. The summed E-state index contributed by atoms with van der Waals surface area (Å²) in [4.78, 5) is 0. The first-order chi connectivity index (χ1) is 7.56. The molecular formula is C12H18BrFN2. The van der Waals surface area contributed by atoms with Gasteiger partial charge in [-0.2, -0.15) is 0 Å². The monoisotopic (exact) mass is 288 g/mol. The number of rotatable bonds is 5. The van der Waals surface area contributed by atoms with Crippen LogP contribution in [0, 0.1) is 11.7 Å². The minimum Gasteiger partial charge on any atom is -0.329 e. The van der Waals surface area contributed by atoms with E-state index in [9.17, 15) is 4.39 Å². The molecule has 0 radical (unpaired) electrons. The molecule has 1 rings (SSSR count). The molecule has 1 aromatic carbocycles. The third-order valence-electron chi connectivity index (χ3n) is 2.64. The Hall–Kier alpha value is -0.450. The van der Waals surface area contributed by atoms with Crippen molar-refractivity contribution < 1.29 is 4.39 Å². The van der Waals surface area contributed by atoms with Gasteiger partial charge in [0.1, 0.15) is 5.82 Å². The molecule has 0 aromatic heterocycles. The van der Waals surface area contributed by atoms with Crippen molar-refractivity contribution in [3.8, 4) is 0 Å². The van der Waals surface area contributed by atoms with Crippen molar-refractivity contribution >= 4 is 15.9 Å². The van der Waals surface area contributed by atoms with E-state index in [2.05, 4.69) is 35.1 Å². The standard InChI is InChI=1S/C12H18BrFN2/c1-8(2)11(6-15)16-7-9-4-3-5-10(13)12(9)14/h3-5,8,11,16H,6-7,15H2,1-2H3. The molecule has 0 heterocycles. The van der Waals surface area contributed by atoms with Crippen LogP contribution >= 0.6 is 15.9 Å². The lowest BCUT2D eigenvalue weighted by Gasteiger charge is -2.20. The molecule has 2 nitrogen and oxygen atoms in total. The van der Waals surface area contributed by atoms with Crippen LogP contribution in [-0.2, 0) is 6.54 Å². The number of hydrogen-bond acceptors (Lipinski definition) is 2. The van der Waals surface area contributed by atoms with Crippen molar-refractivity contribution in [2.75, 3.05) is 6.54 Å². The molecule has 1 atom stereocenters. The summed E-state index contributed by atoms with van der Waals surface area (Å²) < 4.78 is 14.1. The summed E-state index contributed by atoms with van der Waals surface area (Å²) in [6.07, 6.45) is 0. The van der Waals surface area contributed by atoms with E-state index in [4.69, 9.17) is 5.73 Å². The van der Waals surface area contributed by atoms with Gasteiger partial charge in [0, 0.05) is 24.7 Å². The van der Waals surface area contributed by atoms with Crippen molar-refractivity contribution in [3.63, 3.8) is 0 Å². The molecule has 0 aliphatic carbocycles. The summed E-state index contributed by atoms with van der Waals surface area (Å²) in [6.45, 7) is 5.27. The summed E-state index contributed by atoms with van der Waals surface area (Å²) in [5.74, 6) is 0.245. The van der Waals surface area contributed by atoms with Gasteiger partial charge in [0.25, 0.3) is 0 Å². The SMILES string of the molecule is CC(C)C(CN)NCc1cccc(Br)c1F. The molecule has 4 heteroatoms. The fourth-order valence-corrected chi connectivity index (χ4v) is 1.92. The topological polar surface area (TPSA) is 38.0 Å². The number of nitrogens with two attached hydrogens (primary N) is 1. The third-order valence-corrected chi connectivity index (χ3v) is 3.26. The Labute approximate surface area is 105 Å². The quantitative estimate of drug-likeness (QED) is 0.874. The van der Waals surface area contributed by atoms with Crippen LogP contribution in [0.4, 0.5) is 4.39 Å². The van der Waals surface area contributed by atoms with Crippen molar-refractivity contribution in [3.05, 3.63) is 34.1 Å². The second-order valence-electron chi connectivity index (χ2n) is 4.18. The summed E-state index contributed by atoms with van der Waals surface area (Å²) in [5, 5.41) is 3.27. The molecular weight excluding hydrogens is 271 g/mol. The first-order valence-corrected chi connectivity index (χ1v) is 6.22. The highest BCUT2D eigenvalue weighted by atomic mass is 79.9. The molecule has 0 spiro atoms. The Balaban J connectivity index is 2.64. The largest absolute Gasteiger partial charge is 0.329 e. The Morgan fingerprint density at radius 2 is 2.12 bits per heavy atom. The van der Waals surface area contributed by atoms with Gasteiger partial charge >= 0.3 is 0 Å². The molecule has 0 amide bonds. The van der Waals surface area contributed by atoms with E-state index in [0.717, 1.165) is 0 Å². The summed E-state index contributed by atoms with van der Waals surface area (Å²) in [5.41, 5.74) is 6.30. The average molecular weight is 289 g/mol. The summed E-state index contributed by atoms with van der Waals surface area (Å²) in [6, 6.07) is 5.53. The van der Waals surface area contributed by atoms with Gasteiger partial charge in [-0.15, -0.1) is 0 Å². The molecule has 0 aliphatic rings. The zero-order valence-electron chi connectivity index (χ0n) is 9.63. The van der Waals surface area contributed by atoms with Crippen LogP contribution in [-0.4, -0.2) is 12.6 Å².